The van der Waals surface area contributed by atoms with Gasteiger partial charge in [-0.3, -0.25) is 4.79 Å². The molecule has 1 atom stereocenters. The second-order valence-electron chi connectivity index (χ2n) is 5.24. The lowest BCUT2D eigenvalue weighted by atomic mass is 10.1. The second kappa shape index (κ2) is 7.20. The maximum absolute atomic E-state index is 12.1. The summed E-state index contributed by atoms with van der Waals surface area (Å²) in [5, 5.41) is 3.52. The Labute approximate surface area is 149 Å². The highest BCUT2D eigenvalue weighted by Gasteiger charge is 2.17. The highest BCUT2D eigenvalue weighted by Crippen LogP contribution is 2.34. The molecular formula is C17H15Cl2NO4. The first-order valence-electron chi connectivity index (χ1n) is 7.30. The number of fused-ring (bicyclic) bond motifs is 1. The molecule has 5 nitrogen and oxygen atoms in total. The molecule has 1 aliphatic heterocycles. The van der Waals surface area contributed by atoms with Crippen molar-refractivity contribution in [2.24, 2.45) is 0 Å². The van der Waals surface area contributed by atoms with Gasteiger partial charge in [0.25, 0.3) is 5.91 Å². The third-order valence-electron chi connectivity index (χ3n) is 3.55. The van der Waals surface area contributed by atoms with Crippen molar-refractivity contribution in [3.63, 3.8) is 0 Å². The second-order valence-corrected chi connectivity index (χ2v) is 6.03. The molecule has 0 fully saturated rings. The molecule has 3 rings (SSSR count). The van der Waals surface area contributed by atoms with Gasteiger partial charge in [0.05, 0.1) is 11.1 Å². The van der Waals surface area contributed by atoms with E-state index in [-0.39, 0.29) is 30.4 Å². The summed E-state index contributed by atoms with van der Waals surface area (Å²) in [7, 11) is 0. The van der Waals surface area contributed by atoms with Crippen LogP contribution in [0.5, 0.6) is 17.2 Å². The van der Waals surface area contributed by atoms with Crippen LogP contribution in [0.25, 0.3) is 0 Å². The summed E-state index contributed by atoms with van der Waals surface area (Å²) in [5.74, 6) is 1.48. The summed E-state index contributed by atoms with van der Waals surface area (Å²) in [6, 6.07) is 10.4. The van der Waals surface area contributed by atoms with Gasteiger partial charge in [-0.2, -0.15) is 0 Å². The van der Waals surface area contributed by atoms with Crippen molar-refractivity contribution >= 4 is 29.1 Å². The average molecular weight is 368 g/mol. The van der Waals surface area contributed by atoms with E-state index in [1.54, 1.807) is 18.2 Å². The molecule has 0 spiro atoms. The van der Waals surface area contributed by atoms with Crippen LogP contribution in [0.15, 0.2) is 36.4 Å². The molecule has 0 aromatic heterocycles. The Kier molecular flexibility index (Phi) is 5.02. The molecule has 2 aromatic rings. The summed E-state index contributed by atoms with van der Waals surface area (Å²) in [4.78, 5) is 12.1. The zero-order chi connectivity index (χ0) is 17.1. The molecule has 0 radical (unpaired) electrons. The van der Waals surface area contributed by atoms with Crippen LogP contribution in [0.1, 0.15) is 18.5 Å². The lowest BCUT2D eigenvalue weighted by Gasteiger charge is -2.15. The molecule has 2 aromatic carbocycles. The smallest absolute Gasteiger partial charge is 0.258 e. The highest BCUT2D eigenvalue weighted by molar-refractivity contribution is 6.42. The predicted octanol–water partition coefficient (Wildman–Crippen LogP) is 3.98. The van der Waals surface area contributed by atoms with E-state index >= 15 is 0 Å². The molecule has 0 unspecified atom stereocenters. The van der Waals surface area contributed by atoms with Crippen LogP contribution in [0, 0.1) is 0 Å². The van der Waals surface area contributed by atoms with Gasteiger partial charge in [0.1, 0.15) is 10.8 Å². The molecule has 0 saturated heterocycles. The van der Waals surface area contributed by atoms with Crippen LogP contribution in [0.4, 0.5) is 0 Å². The van der Waals surface area contributed by atoms with Gasteiger partial charge in [-0.05, 0) is 36.8 Å². The van der Waals surface area contributed by atoms with E-state index in [9.17, 15) is 4.79 Å². The Morgan fingerprint density at radius 1 is 1.25 bits per heavy atom. The Balaban J connectivity index is 1.57. The monoisotopic (exact) mass is 367 g/mol. The molecule has 0 aliphatic carbocycles. The predicted molar refractivity (Wildman–Crippen MR) is 91.1 cm³/mol. The Morgan fingerprint density at radius 3 is 2.88 bits per heavy atom. The number of hydrogen-bond donors (Lipinski definition) is 1. The van der Waals surface area contributed by atoms with Gasteiger partial charge in [-0.1, -0.05) is 35.3 Å². The fraction of sp³-hybridized carbons (Fsp3) is 0.235. The van der Waals surface area contributed by atoms with E-state index < -0.39 is 0 Å². The van der Waals surface area contributed by atoms with Crippen LogP contribution in [0.3, 0.4) is 0 Å². The third kappa shape index (κ3) is 3.68. The lowest BCUT2D eigenvalue weighted by molar-refractivity contribution is -0.123. The molecule has 1 aliphatic rings. The minimum atomic E-state index is -0.267. The first-order valence-corrected chi connectivity index (χ1v) is 8.06. The number of halogens is 2. The number of hydrogen-bond acceptors (Lipinski definition) is 4. The zero-order valence-electron chi connectivity index (χ0n) is 12.8. The van der Waals surface area contributed by atoms with E-state index in [2.05, 4.69) is 5.32 Å². The summed E-state index contributed by atoms with van der Waals surface area (Å²) in [6.45, 7) is 1.94. The van der Waals surface area contributed by atoms with Crippen LogP contribution in [-0.2, 0) is 4.79 Å². The van der Waals surface area contributed by atoms with Gasteiger partial charge in [0.2, 0.25) is 6.79 Å². The van der Waals surface area contributed by atoms with Crippen LogP contribution < -0.4 is 19.5 Å². The van der Waals surface area contributed by atoms with Gasteiger partial charge in [-0.25, -0.2) is 0 Å². The van der Waals surface area contributed by atoms with Crippen molar-refractivity contribution < 1.29 is 19.0 Å². The number of carbonyl (C=O) groups is 1. The van der Waals surface area contributed by atoms with Crippen molar-refractivity contribution in [3.8, 4) is 17.2 Å². The standard InChI is InChI=1S/C17H15Cl2NO4/c1-10(11-5-6-13-15(7-11)24-9-23-13)20-16(21)8-22-14-4-2-3-12(18)17(14)19/h2-7,10H,8-9H2,1H3,(H,20,21)/t10-/m0/s1. The molecule has 1 amide bonds. The van der Waals surface area contributed by atoms with Gasteiger partial charge in [-0.15, -0.1) is 0 Å². The van der Waals surface area contributed by atoms with Gasteiger partial charge in [0.15, 0.2) is 18.1 Å². The largest absolute Gasteiger partial charge is 0.482 e. The number of ether oxygens (including phenoxy) is 3. The van der Waals surface area contributed by atoms with E-state index in [1.165, 1.54) is 0 Å². The maximum atomic E-state index is 12.1. The molecule has 1 heterocycles. The number of nitrogens with one attached hydrogen (secondary N) is 1. The summed E-state index contributed by atoms with van der Waals surface area (Å²) in [6.07, 6.45) is 0. The van der Waals surface area contributed by atoms with E-state index in [1.807, 2.05) is 25.1 Å². The minimum Gasteiger partial charge on any atom is -0.482 e. The fourth-order valence-electron chi connectivity index (χ4n) is 2.29. The molecule has 0 bridgehead atoms. The fourth-order valence-corrected chi connectivity index (χ4v) is 2.63. The maximum Gasteiger partial charge on any atom is 0.258 e. The van der Waals surface area contributed by atoms with Crippen LogP contribution in [-0.4, -0.2) is 19.3 Å². The Morgan fingerprint density at radius 2 is 2.04 bits per heavy atom. The molecule has 0 saturated carbocycles. The Bertz CT molecular complexity index is 766. The minimum absolute atomic E-state index is 0.158. The Hall–Kier alpha value is -2.11. The SMILES string of the molecule is C[C@H](NC(=O)COc1cccc(Cl)c1Cl)c1ccc2c(c1)OCO2. The number of benzene rings is 2. The molecule has 24 heavy (non-hydrogen) atoms. The number of carbonyl (C=O) groups excluding carboxylic acids is 1. The van der Waals surface area contributed by atoms with Crippen LogP contribution in [0.2, 0.25) is 10.0 Å². The third-order valence-corrected chi connectivity index (χ3v) is 4.35. The average Bonchev–Trinajstić information content (AvgIpc) is 3.03. The molecular weight excluding hydrogens is 353 g/mol. The number of rotatable bonds is 5. The summed E-state index contributed by atoms with van der Waals surface area (Å²) in [5.41, 5.74) is 0.911. The zero-order valence-corrected chi connectivity index (χ0v) is 14.4. The molecule has 1 N–H and O–H groups in total. The quantitative estimate of drug-likeness (QED) is 0.868. The highest BCUT2D eigenvalue weighted by atomic mass is 35.5. The van der Waals surface area contributed by atoms with Crippen molar-refractivity contribution in [2.75, 3.05) is 13.4 Å². The lowest BCUT2D eigenvalue weighted by Crippen LogP contribution is -2.31. The normalized spacial score (nSPS) is 13.5. The van der Waals surface area contributed by atoms with Crippen molar-refractivity contribution in [1.82, 2.24) is 5.32 Å². The summed E-state index contributed by atoms with van der Waals surface area (Å²) >= 11 is 11.9. The van der Waals surface area contributed by atoms with E-state index in [0.717, 1.165) is 5.56 Å². The number of amides is 1. The van der Waals surface area contributed by atoms with Crippen molar-refractivity contribution in [3.05, 3.63) is 52.0 Å². The topological polar surface area (TPSA) is 56.8 Å². The molecule has 126 valence electrons. The van der Waals surface area contributed by atoms with Crippen molar-refractivity contribution in [1.29, 1.82) is 0 Å². The van der Waals surface area contributed by atoms with Gasteiger partial charge < -0.3 is 19.5 Å². The van der Waals surface area contributed by atoms with Gasteiger partial charge in [0, 0.05) is 0 Å². The van der Waals surface area contributed by atoms with E-state index in [0.29, 0.717) is 22.3 Å². The summed E-state index contributed by atoms with van der Waals surface area (Å²) < 4.78 is 16.0. The van der Waals surface area contributed by atoms with E-state index in [4.69, 9.17) is 37.4 Å². The first-order chi connectivity index (χ1) is 11.5. The first kappa shape index (κ1) is 16.7. The van der Waals surface area contributed by atoms with Crippen LogP contribution >= 0.6 is 23.2 Å². The van der Waals surface area contributed by atoms with Crippen molar-refractivity contribution in [2.45, 2.75) is 13.0 Å². The molecule has 7 heteroatoms. The van der Waals surface area contributed by atoms with Gasteiger partial charge >= 0.3 is 0 Å².